The summed E-state index contributed by atoms with van der Waals surface area (Å²) in [5.74, 6) is -4.75. The van der Waals surface area contributed by atoms with Crippen molar-refractivity contribution in [2.45, 2.75) is 226 Å². The number of nitrogens with zero attached hydrogens (tertiary/aromatic N) is 4. The number of alkyl carbamates (subject to hydrolysis) is 2. The molecule has 0 unspecified atom stereocenters. The van der Waals surface area contributed by atoms with E-state index in [2.05, 4.69) is 40.7 Å². The van der Waals surface area contributed by atoms with Crippen molar-refractivity contribution in [3.8, 4) is 6.08 Å². The summed E-state index contributed by atoms with van der Waals surface area (Å²) in [6, 6.07) is 5.89. The average molecular weight is 1480 g/mol. The van der Waals surface area contributed by atoms with E-state index in [0.717, 1.165) is 25.7 Å². The number of nitrogens with one attached hydrogen (secondary N) is 6. The number of amides is 8. The molecule has 2 aromatic carbocycles. The molecule has 2 saturated heterocycles. The maximum Gasteiger partial charge on any atom is 0.408 e. The molecule has 4 aliphatic heterocycles. The number of ether oxygens (including phenoxy) is 3. The van der Waals surface area contributed by atoms with Gasteiger partial charge in [0, 0.05) is 41.3 Å². The van der Waals surface area contributed by atoms with Gasteiger partial charge in [-0.15, -0.1) is 0 Å². The fourth-order valence-corrected chi connectivity index (χ4v) is 15.7. The van der Waals surface area contributed by atoms with Crippen molar-refractivity contribution in [2.75, 3.05) is 13.1 Å². The average Bonchev–Trinajstić information content (AvgIpc) is 1.58. The van der Waals surface area contributed by atoms with Gasteiger partial charge in [-0.05, 0) is 167 Å². The molecule has 12 rings (SSSR count). The van der Waals surface area contributed by atoms with E-state index < -0.39 is 149 Å². The molecule has 540 valence electrons. The summed E-state index contributed by atoms with van der Waals surface area (Å²) in [6.07, 6.45) is 13.0. The Morgan fingerprint density at radius 2 is 1.05 bits per heavy atom. The Morgan fingerprint density at radius 1 is 0.606 bits per heavy atom. The van der Waals surface area contributed by atoms with Crippen LogP contribution in [0.4, 0.5) is 9.59 Å². The van der Waals surface area contributed by atoms with Crippen molar-refractivity contribution in [1.29, 1.82) is 0 Å². The lowest BCUT2D eigenvalue weighted by Crippen LogP contribution is -2.58. The van der Waals surface area contributed by atoms with E-state index in [0.29, 0.717) is 96.5 Å². The number of sulfonamides is 2. The van der Waals surface area contributed by atoms with Crippen LogP contribution in [0.3, 0.4) is 0 Å². The number of hydrogen-bond donors (Lipinski definition) is 7. The third-order valence-corrected chi connectivity index (χ3v) is 22.3. The van der Waals surface area contributed by atoms with Crippen molar-refractivity contribution in [1.82, 2.24) is 50.5 Å². The molecule has 33 heteroatoms. The minimum absolute atomic E-state index is 0.00872. The van der Waals surface area contributed by atoms with Crippen LogP contribution in [0.1, 0.15) is 157 Å². The smallest absolute Gasteiger partial charge is 0.408 e. The van der Waals surface area contributed by atoms with Crippen molar-refractivity contribution in [3.63, 3.8) is 0 Å². The maximum atomic E-state index is 14.3. The lowest BCUT2D eigenvalue weighted by atomic mass is 10.0. The van der Waals surface area contributed by atoms with Gasteiger partial charge >= 0.3 is 18.3 Å². The molecule has 4 aromatic rings. The van der Waals surface area contributed by atoms with E-state index in [1.807, 2.05) is 24.3 Å². The largest absolute Gasteiger partial charge is 0.445 e. The van der Waals surface area contributed by atoms with Crippen LogP contribution in [0, 0.1) is 11.8 Å². The van der Waals surface area contributed by atoms with Gasteiger partial charge in [-0.1, -0.05) is 73.2 Å². The molecular formula is C66H85Cl3N10O18S2. The van der Waals surface area contributed by atoms with Crippen LogP contribution in [0.2, 0.25) is 15.4 Å². The molecule has 7 N–H and O–H groups in total. The van der Waals surface area contributed by atoms with E-state index in [1.54, 1.807) is 77.9 Å². The van der Waals surface area contributed by atoms with Crippen molar-refractivity contribution >= 4 is 125 Å². The molecule has 6 heterocycles. The van der Waals surface area contributed by atoms with E-state index in [-0.39, 0.29) is 50.2 Å². The minimum Gasteiger partial charge on any atom is -0.445 e. The lowest BCUT2D eigenvalue weighted by molar-refractivity contribution is -0.141. The molecule has 0 radical (unpaired) electrons. The third kappa shape index (κ3) is 19.2. The minimum atomic E-state index is -3.88. The summed E-state index contributed by atoms with van der Waals surface area (Å²) in [6.45, 7) is 10.1. The Balaban J connectivity index is 0.000000188. The van der Waals surface area contributed by atoms with E-state index in [4.69, 9.17) is 57.8 Å². The second kappa shape index (κ2) is 30.1. The number of allylic oxidation sites excluding steroid dienone is 2. The normalized spacial score (nSPS) is 28.4. The second-order valence-electron chi connectivity index (χ2n) is 28.5. The Hall–Kier alpha value is -7.25. The first-order valence-electron chi connectivity index (χ1n) is 33.4. The van der Waals surface area contributed by atoms with Crippen LogP contribution in [-0.4, -0.2) is 172 Å². The van der Waals surface area contributed by atoms with Crippen LogP contribution in [-0.2, 0) is 58.3 Å². The van der Waals surface area contributed by atoms with Gasteiger partial charge < -0.3 is 59.2 Å². The molecule has 4 aliphatic carbocycles. The number of aliphatic hydroxyl groups excluding tert-OH is 1. The standard InChI is InChI=1S/C33H42ClN5O9S.C26H40N4O8S.C7H3Cl2NO/c1-32(2,3)48-30(43)35-23-10-8-6-4-5-7-9-19-17-33(19,29(42)38-49(44,45)22-12-13-22)37-27(40)25-16-21(18-39(25)28(23)41)46-31-36-24-15-20(34)11-14-26(24)47-31;1-25(2,3)38-24(35)27-19-10-8-6-4-5-7-9-16-14-26(16,23(34)29-39(36,37)18-11-12-18)28-21(32)20-13-17(31)15-30(20)22(19)33;8-4-1-2-6-5(3-4)10-7(9)11-6/h7,9,11,14-15,19,21-23,25H,4-6,8,10,12-13,16-18H2,1-3H3,(H,35,43)(H,37,40)(H,38,42);7,9,16-20,31H,4-6,8,10-15H2,1-3H3,(H,27,35)(H,28,32)(H,29,34);1-3H/b2*9-7-;/t19-,21-,23+,25+,33-;16-,17-,19+,20+,26-;/m11./s1. The second-order valence-corrected chi connectivity index (χ2v) is 33.6. The fourth-order valence-electron chi connectivity index (χ4n) is 12.5. The van der Waals surface area contributed by atoms with Gasteiger partial charge in [0.2, 0.25) is 43.7 Å². The van der Waals surface area contributed by atoms with Crippen LogP contribution in [0.25, 0.3) is 22.2 Å². The van der Waals surface area contributed by atoms with Gasteiger partial charge in [-0.2, -0.15) is 9.97 Å². The van der Waals surface area contributed by atoms with Crippen LogP contribution in [0.15, 0.2) is 69.5 Å². The Kier molecular flexibility index (Phi) is 22.7. The zero-order valence-electron chi connectivity index (χ0n) is 55.8. The number of halogens is 3. The van der Waals surface area contributed by atoms with E-state index in [9.17, 15) is 60.3 Å². The molecule has 99 heavy (non-hydrogen) atoms. The maximum absolute atomic E-state index is 14.3. The first-order chi connectivity index (χ1) is 46.6. The molecule has 0 spiro atoms. The summed E-state index contributed by atoms with van der Waals surface area (Å²) in [5, 5.41) is 21.3. The quantitative estimate of drug-likeness (QED) is 0.0747. The number of carbonyl (C=O) groups excluding carboxylic acids is 8. The van der Waals surface area contributed by atoms with Gasteiger partial charge in [0.05, 0.1) is 23.1 Å². The van der Waals surface area contributed by atoms with Crippen LogP contribution >= 0.6 is 34.8 Å². The number of fused-ring (bicyclic) bond motifs is 6. The highest BCUT2D eigenvalue weighted by Gasteiger charge is 2.64. The van der Waals surface area contributed by atoms with Crippen molar-refractivity contribution in [2.24, 2.45) is 11.8 Å². The Morgan fingerprint density at radius 3 is 1.52 bits per heavy atom. The zero-order valence-corrected chi connectivity index (χ0v) is 59.7. The summed E-state index contributed by atoms with van der Waals surface area (Å²) < 4.78 is 82.3. The van der Waals surface area contributed by atoms with Crippen molar-refractivity contribution < 1.29 is 83.3 Å². The summed E-state index contributed by atoms with van der Waals surface area (Å²) in [5.41, 5.74) is -2.29. The van der Waals surface area contributed by atoms with Gasteiger partial charge in [-0.3, -0.25) is 38.2 Å². The predicted molar refractivity (Wildman–Crippen MR) is 363 cm³/mol. The zero-order chi connectivity index (χ0) is 71.6. The highest BCUT2D eigenvalue weighted by molar-refractivity contribution is 7.91. The highest BCUT2D eigenvalue weighted by atomic mass is 35.5. The molecule has 0 bridgehead atoms. The molecule has 10 atom stereocenters. The Bertz CT molecular complexity index is 4040. The Labute approximate surface area is 588 Å². The monoisotopic (exact) mass is 1470 g/mol. The van der Waals surface area contributed by atoms with Crippen LogP contribution in [0.5, 0.6) is 6.08 Å². The molecule has 4 saturated carbocycles. The van der Waals surface area contributed by atoms with Crippen LogP contribution < -0.4 is 35.4 Å². The van der Waals surface area contributed by atoms with Gasteiger partial charge in [0.25, 0.3) is 17.2 Å². The number of rotatable bonds is 10. The SMILES string of the molecule is CC(C)(C)OC(=O)N[C@H]1CCCCC/C=C\[C@@H]2C[C@@]2(C(=O)NS(=O)(=O)C2CC2)NC(=O)[C@@H]2C[C@@H](O)CN2C1=O.CC(C)(C)OC(=O)N[C@H]1CCCCC/C=C\[C@@H]2C[C@@]2(C(=O)NS(=O)(=O)C2CC2)NC(=O)[C@@H]2C[C@@H](Oc3nc4cc(Cl)ccc4o3)CN2C1=O.Clc1ccc2oc(Cl)nc2c1. The first-order valence-corrected chi connectivity index (χ1v) is 37.7. The number of oxazole rings is 2. The fraction of sp³-hybridized carbons (Fsp3) is 0.606. The van der Waals surface area contributed by atoms with Crippen molar-refractivity contribution in [3.05, 3.63) is 76.1 Å². The summed E-state index contributed by atoms with van der Waals surface area (Å²) >= 11 is 17.3. The van der Waals surface area contributed by atoms with Gasteiger partial charge in [0.15, 0.2) is 11.2 Å². The van der Waals surface area contributed by atoms with E-state index >= 15 is 0 Å². The first kappa shape index (κ1) is 74.4. The number of hydrogen-bond acceptors (Lipinski definition) is 20. The number of benzene rings is 2. The van der Waals surface area contributed by atoms with Gasteiger partial charge in [-0.25, -0.2) is 26.4 Å². The number of aromatic nitrogens is 2. The number of aliphatic hydroxyl groups is 1. The molecule has 28 nitrogen and oxygen atoms in total. The summed E-state index contributed by atoms with van der Waals surface area (Å²) in [7, 11) is -7.71. The molecule has 8 amide bonds. The number of carbonyl (C=O) groups is 8. The lowest BCUT2D eigenvalue weighted by Gasteiger charge is -2.30. The molecule has 8 aliphatic rings. The molecule has 2 aromatic heterocycles. The summed E-state index contributed by atoms with van der Waals surface area (Å²) in [4.78, 5) is 119. The molecular weight excluding hydrogens is 1390 g/mol. The third-order valence-electron chi connectivity index (χ3n) is 18.0. The highest BCUT2D eigenvalue weighted by Crippen LogP contribution is 2.48. The molecule has 6 fully saturated rings. The topological polar surface area (TPSA) is 383 Å². The van der Waals surface area contributed by atoms with E-state index in [1.165, 1.54) is 9.80 Å². The van der Waals surface area contributed by atoms with Gasteiger partial charge in [0.1, 0.15) is 63.6 Å². The predicted octanol–water partition coefficient (Wildman–Crippen LogP) is 7.71.